The summed E-state index contributed by atoms with van der Waals surface area (Å²) in [5, 5.41) is 26.3. The first-order valence-electron chi connectivity index (χ1n) is 11.9. The van der Waals surface area contributed by atoms with Gasteiger partial charge < -0.3 is 30.6 Å². The average molecular weight is 493 g/mol. The van der Waals surface area contributed by atoms with Crippen LogP contribution in [0.15, 0.2) is 66.7 Å². The molecule has 0 saturated carbocycles. The van der Waals surface area contributed by atoms with Crippen LogP contribution < -0.4 is 34.6 Å². The van der Waals surface area contributed by atoms with Gasteiger partial charge in [-0.25, -0.2) is 4.98 Å². The van der Waals surface area contributed by atoms with Crippen LogP contribution in [0.5, 0.6) is 0 Å². The Kier molecular flexibility index (Phi) is 9.92. The normalized spacial score (nSPS) is 11.5. The topological polar surface area (TPSA) is 130 Å². The van der Waals surface area contributed by atoms with E-state index in [-0.39, 0.29) is 50.1 Å². The van der Waals surface area contributed by atoms with Crippen molar-refractivity contribution in [3.63, 3.8) is 0 Å². The molecule has 4 aromatic rings. The van der Waals surface area contributed by atoms with E-state index in [9.17, 15) is 14.7 Å². The maximum atomic E-state index is 12.6. The quantitative estimate of drug-likeness (QED) is 0.229. The Morgan fingerprint density at radius 3 is 2.54 bits per heavy atom. The standard InChI is InChI=1S/C28H30N4O4.Li/c1-18-5-2-3-7-23(18)30-28-31-24-13-8-19(15-25(24)32-28)16-26(34)29-22-11-9-20(10-12-22)21(6-4-14-33)17-27(35)36;/h2-3,5,7-13,15,21,33H,4,6,14,16-17H2,1H3,(H,29,34)(H,35,36)(H2,30,31,32);/q;+1/p-1. The second-order valence-electron chi connectivity index (χ2n) is 8.86. The number of anilines is 3. The number of aliphatic hydroxyl groups is 1. The number of hydrogen-bond donors (Lipinski definition) is 4. The van der Waals surface area contributed by atoms with E-state index in [1.807, 2.05) is 49.4 Å². The number of aromatic nitrogens is 2. The Labute approximate surface area is 227 Å². The van der Waals surface area contributed by atoms with Gasteiger partial charge in [-0.3, -0.25) is 4.79 Å². The third kappa shape index (κ3) is 7.70. The summed E-state index contributed by atoms with van der Waals surface area (Å²) in [6.45, 7) is 2.03. The van der Waals surface area contributed by atoms with E-state index in [0.29, 0.717) is 24.5 Å². The van der Waals surface area contributed by atoms with Crippen LogP contribution in [0.1, 0.15) is 41.9 Å². The van der Waals surface area contributed by atoms with E-state index in [2.05, 4.69) is 20.6 Å². The van der Waals surface area contributed by atoms with Gasteiger partial charge in [0, 0.05) is 24.0 Å². The van der Waals surface area contributed by atoms with Crippen LogP contribution in [0.4, 0.5) is 17.3 Å². The molecule has 3 aromatic carbocycles. The maximum Gasteiger partial charge on any atom is 1.00 e. The first kappa shape index (κ1) is 28.0. The molecule has 0 radical (unpaired) electrons. The maximum absolute atomic E-state index is 12.6. The van der Waals surface area contributed by atoms with Crippen molar-refractivity contribution in [1.29, 1.82) is 0 Å². The van der Waals surface area contributed by atoms with E-state index in [4.69, 9.17) is 5.11 Å². The van der Waals surface area contributed by atoms with Gasteiger partial charge in [0.05, 0.1) is 17.5 Å². The fourth-order valence-electron chi connectivity index (χ4n) is 4.22. The minimum atomic E-state index is -1.12. The number of carboxylic acid groups (broad SMARTS) is 1. The molecule has 186 valence electrons. The van der Waals surface area contributed by atoms with Crippen LogP contribution in [0.25, 0.3) is 11.0 Å². The molecular weight excluding hydrogens is 463 g/mol. The third-order valence-corrected chi connectivity index (χ3v) is 6.10. The van der Waals surface area contributed by atoms with E-state index >= 15 is 0 Å². The molecule has 37 heavy (non-hydrogen) atoms. The van der Waals surface area contributed by atoms with Crippen LogP contribution in [0.2, 0.25) is 0 Å². The number of aliphatic hydroxyl groups excluding tert-OH is 1. The monoisotopic (exact) mass is 492 g/mol. The Morgan fingerprint density at radius 1 is 1.08 bits per heavy atom. The van der Waals surface area contributed by atoms with Crippen LogP contribution in [-0.4, -0.2) is 33.6 Å². The molecule has 1 unspecified atom stereocenters. The fraction of sp³-hybridized carbons (Fsp3) is 0.250. The average Bonchev–Trinajstić information content (AvgIpc) is 3.25. The minimum Gasteiger partial charge on any atom is -0.550 e. The molecule has 1 heterocycles. The van der Waals surface area contributed by atoms with E-state index in [0.717, 1.165) is 33.4 Å². The van der Waals surface area contributed by atoms with Gasteiger partial charge >= 0.3 is 18.9 Å². The zero-order chi connectivity index (χ0) is 25.5. The number of benzene rings is 3. The number of fused-ring (bicyclic) bond motifs is 1. The number of aliphatic carboxylic acids is 1. The predicted octanol–water partition coefficient (Wildman–Crippen LogP) is 0.796. The molecule has 0 bridgehead atoms. The molecule has 0 fully saturated rings. The van der Waals surface area contributed by atoms with Gasteiger partial charge in [0.25, 0.3) is 0 Å². The predicted molar refractivity (Wildman–Crippen MR) is 138 cm³/mol. The summed E-state index contributed by atoms with van der Waals surface area (Å²) >= 11 is 0. The van der Waals surface area contributed by atoms with Gasteiger partial charge in [-0.2, -0.15) is 0 Å². The number of amides is 1. The zero-order valence-corrected chi connectivity index (χ0v) is 21.1. The number of carboxylic acids is 1. The summed E-state index contributed by atoms with van der Waals surface area (Å²) in [5.41, 5.74) is 6.04. The number of aromatic amines is 1. The number of aryl methyl sites for hydroxylation is 1. The summed E-state index contributed by atoms with van der Waals surface area (Å²) in [4.78, 5) is 31.6. The van der Waals surface area contributed by atoms with Crippen molar-refractivity contribution in [2.24, 2.45) is 0 Å². The largest absolute Gasteiger partial charge is 1.00 e. The molecule has 8 nitrogen and oxygen atoms in total. The van der Waals surface area contributed by atoms with Gasteiger partial charge in [0.1, 0.15) is 0 Å². The van der Waals surface area contributed by atoms with Crippen molar-refractivity contribution >= 4 is 40.2 Å². The van der Waals surface area contributed by atoms with Crippen LogP contribution in [0, 0.1) is 6.92 Å². The first-order chi connectivity index (χ1) is 17.4. The molecule has 0 saturated heterocycles. The molecule has 0 aliphatic carbocycles. The smallest absolute Gasteiger partial charge is 0.550 e. The molecule has 0 aliphatic rings. The summed E-state index contributed by atoms with van der Waals surface area (Å²) in [5.74, 6) is -0.885. The molecule has 4 rings (SSSR count). The second kappa shape index (κ2) is 13.1. The van der Waals surface area contributed by atoms with Crippen molar-refractivity contribution in [3.05, 3.63) is 83.4 Å². The first-order valence-corrected chi connectivity index (χ1v) is 11.9. The van der Waals surface area contributed by atoms with Crippen molar-refractivity contribution in [2.45, 2.75) is 38.5 Å². The molecule has 1 atom stereocenters. The number of carbonyl (C=O) groups excluding carboxylic acids is 2. The number of H-pyrrole nitrogens is 1. The van der Waals surface area contributed by atoms with Crippen LogP contribution in [0.3, 0.4) is 0 Å². The molecular formula is C28H29LiN4O4. The van der Waals surface area contributed by atoms with Gasteiger partial charge in [-0.15, -0.1) is 0 Å². The number of carbonyl (C=O) groups is 2. The van der Waals surface area contributed by atoms with Crippen molar-refractivity contribution in [1.82, 2.24) is 9.97 Å². The molecule has 9 heteroatoms. The Hall–Kier alpha value is -3.57. The second-order valence-corrected chi connectivity index (χ2v) is 8.86. The van der Waals surface area contributed by atoms with Crippen molar-refractivity contribution in [2.75, 3.05) is 17.2 Å². The van der Waals surface area contributed by atoms with Crippen molar-refractivity contribution in [3.8, 4) is 0 Å². The Balaban J connectivity index is 0.00000380. The van der Waals surface area contributed by atoms with Gasteiger partial charge in [-0.1, -0.05) is 36.4 Å². The Bertz CT molecular complexity index is 1350. The summed E-state index contributed by atoms with van der Waals surface area (Å²) in [6, 6.07) is 20.8. The zero-order valence-electron chi connectivity index (χ0n) is 21.1. The number of rotatable bonds is 11. The van der Waals surface area contributed by atoms with E-state index in [1.54, 1.807) is 24.3 Å². The van der Waals surface area contributed by atoms with Gasteiger partial charge in [0.2, 0.25) is 11.9 Å². The summed E-state index contributed by atoms with van der Waals surface area (Å²) < 4.78 is 0. The number of hydrogen-bond acceptors (Lipinski definition) is 6. The fourth-order valence-corrected chi connectivity index (χ4v) is 4.22. The number of nitrogens with zero attached hydrogens (tertiary/aromatic N) is 1. The summed E-state index contributed by atoms with van der Waals surface area (Å²) in [6.07, 6.45) is 1.15. The van der Waals surface area contributed by atoms with Gasteiger partial charge in [0.15, 0.2) is 0 Å². The van der Waals surface area contributed by atoms with E-state index < -0.39 is 5.97 Å². The van der Waals surface area contributed by atoms with Crippen molar-refractivity contribution < 1.29 is 38.7 Å². The number of imidazole rings is 1. The number of nitrogens with one attached hydrogen (secondary N) is 3. The van der Waals surface area contributed by atoms with E-state index in [1.165, 1.54) is 0 Å². The molecule has 0 spiro atoms. The summed E-state index contributed by atoms with van der Waals surface area (Å²) in [7, 11) is 0. The Morgan fingerprint density at radius 2 is 1.84 bits per heavy atom. The molecule has 4 N–H and O–H groups in total. The van der Waals surface area contributed by atoms with Gasteiger partial charge in [-0.05, 0) is 79.1 Å². The minimum absolute atomic E-state index is 0. The van der Waals surface area contributed by atoms with Crippen LogP contribution >= 0.6 is 0 Å². The molecule has 1 amide bonds. The SMILES string of the molecule is Cc1ccccc1Nc1nc2ccc(CC(=O)Nc3ccc(C(CCCO)CC(=O)[O-])cc3)cc2[nH]1.[Li+]. The van der Waals surface area contributed by atoms with Crippen LogP contribution in [-0.2, 0) is 16.0 Å². The molecule has 0 aliphatic heterocycles. The molecule has 1 aromatic heterocycles. The third-order valence-electron chi connectivity index (χ3n) is 6.10. The number of para-hydroxylation sites is 1.